The van der Waals surface area contributed by atoms with Crippen LogP contribution in [0.3, 0.4) is 0 Å². The molecule has 2 N–H and O–H groups in total. The molecule has 0 heterocycles. The first kappa shape index (κ1) is 9.18. The van der Waals surface area contributed by atoms with Gasteiger partial charge < -0.3 is 5.73 Å². The van der Waals surface area contributed by atoms with Crippen LogP contribution in [0, 0.1) is 0 Å². The molecule has 0 amide bonds. The Labute approximate surface area is 62.9 Å². The fourth-order valence-corrected chi connectivity index (χ4v) is 0.617. The van der Waals surface area contributed by atoms with Crippen LogP contribution in [0.15, 0.2) is 37.0 Å². The molecule has 0 aromatic rings. The standard InChI is InChI=1S/C9H15N/c1-3-4-6-9(2)7-5-8-10/h3-4,6H,1-2,5,7-8,10H2/b6-4-. The molecule has 0 saturated heterocycles. The number of nitrogens with two attached hydrogens (primary N) is 1. The van der Waals surface area contributed by atoms with Crippen LogP contribution in [0.5, 0.6) is 0 Å². The van der Waals surface area contributed by atoms with Crippen molar-refractivity contribution in [3.05, 3.63) is 37.0 Å². The van der Waals surface area contributed by atoms with Gasteiger partial charge in [-0.15, -0.1) is 0 Å². The van der Waals surface area contributed by atoms with Gasteiger partial charge in [0.05, 0.1) is 0 Å². The zero-order valence-corrected chi connectivity index (χ0v) is 6.34. The van der Waals surface area contributed by atoms with Crippen LogP contribution in [-0.4, -0.2) is 6.54 Å². The van der Waals surface area contributed by atoms with E-state index in [0.29, 0.717) is 0 Å². The highest BCUT2D eigenvalue weighted by Gasteiger charge is 1.85. The van der Waals surface area contributed by atoms with E-state index in [1.807, 2.05) is 12.2 Å². The van der Waals surface area contributed by atoms with Gasteiger partial charge in [-0.3, -0.25) is 0 Å². The van der Waals surface area contributed by atoms with Crippen LogP contribution >= 0.6 is 0 Å². The average molecular weight is 137 g/mol. The van der Waals surface area contributed by atoms with Gasteiger partial charge in [0.1, 0.15) is 0 Å². The molecule has 0 aromatic carbocycles. The number of rotatable bonds is 5. The van der Waals surface area contributed by atoms with Crippen LogP contribution in [0.4, 0.5) is 0 Å². The van der Waals surface area contributed by atoms with Gasteiger partial charge in [0.15, 0.2) is 0 Å². The van der Waals surface area contributed by atoms with Gasteiger partial charge in [-0.1, -0.05) is 37.0 Å². The smallest absolute Gasteiger partial charge is 0.00741 e. The van der Waals surface area contributed by atoms with E-state index in [1.165, 1.54) is 0 Å². The first-order valence-electron chi connectivity index (χ1n) is 3.48. The summed E-state index contributed by atoms with van der Waals surface area (Å²) in [6, 6.07) is 0. The minimum Gasteiger partial charge on any atom is -0.330 e. The fraction of sp³-hybridized carbons (Fsp3) is 0.333. The highest BCUT2D eigenvalue weighted by Crippen LogP contribution is 2.01. The van der Waals surface area contributed by atoms with E-state index in [1.54, 1.807) is 6.08 Å². The summed E-state index contributed by atoms with van der Waals surface area (Å²) < 4.78 is 0. The van der Waals surface area contributed by atoms with Crippen LogP contribution < -0.4 is 5.73 Å². The maximum absolute atomic E-state index is 5.32. The lowest BCUT2D eigenvalue weighted by atomic mass is 10.1. The van der Waals surface area contributed by atoms with Crippen molar-refractivity contribution < 1.29 is 0 Å². The van der Waals surface area contributed by atoms with Gasteiger partial charge in [-0.05, 0) is 19.4 Å². The second-order valence-electron chi connectivity index (χ2n) is 2.15. The van der Waals surface area contributed by atoms with Gasteiger partial charge in [-0.25, -0.2) is 0 Å². The second-order valence-corrected chi connectivity index (χ2v) is 2.15. The minimum absolute atomic E-state index is 0.737. The van der Waals surface area contributed by atoms with Crippen molar-refractivity contribution in [2.24, 2.45) is 5.73 Å². The molecule has 0 bridgehead atoms. The predicted octanol–water partition coefficient (Wildman–Crippen LogP) is 2.02. The zero-order chi connectivity index (χ0) is 7.82. The lowest BCUT2D eigenvalue weighted by Crippen LogP contribution is -1.97. The molecule has 1 heteroatoms. The summed E-state index contributed by atoms with van der Waals surface area (Å²) in [5.74, 6) is 0. The van der Waals surface area contributed by atoms with Gasteiger partial charge >= 0.3 is 0 Å². The van der Waals surface area contributed by atoms with Gasteiger partial charge in [0, 0.05) is 0 Å². The third-order valence-corrected chi connectivity index (χ3v) is 1.17. The highest BCUT2D eigenvalue weighted by atomic mass is 14.5. The largest absolute Gasteiger partial charge is 0.330 e. The Balaban J connectivity index is 3.43. The molecule has 0 radical (unpaired) electrons. The van der Waals surface area contributed by atoms with Gasteiger partial charge in [0.25, 0.3) is 0 Å². The van der Waals surface area contributed by atoms with Crippen molar-refractivity contribution in [3.8, 4) is 0 Å². The van der Waals surface area contributed by atoms with Crippen LogP contribution in [-0.2, 0) is 0 Å². The summed E-state index contributed by atoms with van der Waals surface area (Å²) in [6.07, 6.45) is 7.59. The average Bonchev–Trinajstić information content (AvgIpc) is 1.97. The summed E-state index contributed by atoms with van der Waals surface area (Å²) in [5, 5.41) is 0. The molecule has 0 rings (SSSR count). The maximum atomic E-state index is 5.32. The Bertz CT molecular complexity index is 134. The molecule has 0 spiro atoms. The van der Waals surface area contributed by atoms with Crippen molar-refractivity contribution in [2.45, 2.75) is 12.8 Å². The molecule has 56 valence electrons. The molecule has 0 aliphatic carbocycles. The van der Waals surface area contributed by atoms with E-state index in [-0.39, 0.29) is 0 Å². The third-order valence-electron chi connectivity index (χ3n) is 1.17. The Morgan fingerprint density at radius 2 is 2.20 bits per heavy atom. The minimum atomic E-state index is 0.737. The van der Waals surface area contributed by atoms with Crippen molar-refractivity contribution in [1.29, 1.82) is 0 Å². The van der Waals surface area contributed by atoms with Crippen molar-refractivity contribution in [1.82, 2.24) is 0 Å². The van der Waals surface area contributed by atoms with E-state index in [4.69, 9.17) is 5.73 Å². The Kier molecular flexibility index (Phi) is 5.79. The molecule has 0 aromatic heterocycles. The predicted molar refractivity (Wildman–Crippen MR) is 46.8 cm³/mol. The third kappa shape index (κ3) is 5.32. The first-order chi connectivity index (χ1) is 4.81. The second kappa shape index (κ2) is 6.30. The Morgan fingerprint density at radius 3 is 2.70 bits per heavy atom. The molecule has 0 aliphatic heterocycles. The summed E-state index contributed by atoms with van der Waals surface area (Å²) >= 11 is 0. The molecule has 0 saturated carbocycles. The SMILES string of the molecule is C=C/C=C\C(=C)CCCN. The summed E-state index contributed by atoms with van der Waals surface area (Å²) in [6.45, 7) is 8.14. The van der Waals surface area contributed by atoms with E-state index in [2.05, 4.69) is 13.2 Å². The van der Waals surface area contributed by atoms with E-state index < -0.39 is 0 Å². The Morgan fingerprint density at radius 1 is 1.50 bits per heavy atom. The fourth-order valence-electron chi connectivity index (χ4n) is 0.617. The quantitative estimate of drug-likeness (QED) is 0.576. The van der Waals surface area contributed by atoms with Crippen LogP contribution in [0.2, 0.25) is 0 Å². The molecule has 0 unspecified atom stereocenters. The number of allylic oxidation sites excluding steroid dienone is 4. The summed E-state index contributed by atoms with van der Waals surface area (Å²) in [5.41, 5.74) is 6.44. The molecular formula is C9H15N. The van der Waals surface area contributed by atoms with Crippen molar-refractivity contribution in [3.63, 3.8) is 0 Å². The summed E-state index contributed by atoms with van der Waals surface area (Å²) in [7, 11) is 0. The normalized spacial score (nSPS) is 10.1. The lowest BCUT2D eigenvalue weighted by Gasteiger charge is -1.95. The Hall–Kier alpha value is -0.820. The zero-order valence-electron chi connectivity index (χ0n) is 6.34. The van der Waals surface area contributed by atoms with Gasteiger partial charge in [-0.2, -0.15) is 0 Å². The first-order valence-corrected chi connectivity index (χ1v) is 3.48. The summed E-state index contributed by atoms with van der Waals surface area (Å²) in [4.78, 5) is 0. The van der Waals surface area contributed by atoms with E-state index in [9.17, 15) is 0 Å². The van der Waals surface area contributed by atoms with Crippen LogP contribution in [0.25, 0.3) is 0 Å². The molecular weight excluding hydrogens is 122 g/mol. The van der Waals surface area contributed by atoms with E-state index >= 15 is 0 Å². The van der Waals surface area contributed by atoms with Crippen molar-refractivity contribution in [2.75, 3.05) is 6.54 Å². The van der Waals surface area contributed by atoms with E-state index in [0.717, 1.165) is 25.0 Å². The van der Waals surface area contributed by atoms with Crippen molar-refractivity contribution >= 4 is 0 Å². The highest BCUT2D eigenvalue weighted by molar-refractivity contribution is 5.17. The maximum Gasteiger partial charge on any atom is -0.00741 e. The topological polar surface area (TPSA) is 26.0 Å². The molecule has 1 nitrogen and oxygen atoms in total. The molecule has 0 atom stereocenters. The molecule has 10 heavy (non-hydrogen) atoms. The monoisotopic (exact) mass is 137 g/mol. The van der Waals surface area contributed by atoms with Gasteiger partial charge in [0.2, 0.25) is 0 Å². The molecule has 0 fully saturated rings. The lowest BCUT2D eigenvalue weighted by molar-refractivity contribution is 0.837. The molecule has 0 aliphatic rings. The van der Waals surface area contributed by atoms with Crippen LogP contribution in [0.1, 0.15) is 12.8 Å². The number of hydrogen-bond donors (Lipinski definition) is 1. The number of hydrogen-bond acceptors (Lipinski definition) is 1.